The maximum atomic E-state index is 13.8. The van der Waals surface area contributed by atoms with Crippen molar-refractivity contribution in [1.29, 1.82) is 0 Å². The van der Waals surface area contributed by atoms with Gasteiger partial charge in [0.2, 0.25) is 0 Å². The van der Waals surface area contributed by atoms with Gasteiger partial charge in [-0.25, -0.2) is 4.98 Å². The Kier molecular flexibility index (Phi) is 7.47. The van der Waals surface area contributed by atoms with Crippen molar-refractivity contribution in [1.82, 2.24) is 19.8 Å². The monoisotopic (exact) mass is 480 g/mol. The molecule has 5 rings (SSSR count). The topological polar surface area (TPSA) is 52.2 Å². The lowest BCUT2D eigenvalue weighted by Crippen LogP contribution is -2.56. The molecule has 1 aliphatic rings. The number of aromatic amines is 1. The van der Waals surface area contributed by atoms with Gasteiger partial charge in [0.05, 0.1) is 18.1 Å². The molecule has 1 saturated heterocycles. The molecule has 1 aliphatic heterocycles. The van der Waals surface area contributed by atoms with E-state index in [0.717, 1.165) is 67.3 Å². The molecule has 4 aromatic rings. The van der Waals surface area contributed by atoms with E-state index >= 15 is 0 Å². The summed E-state index contributed by atoms with van der Waals surface area (Å²) < 4.78 is 0. The fourth-order valence-electron chi connectivity index (χ4n) is 5.66. The van der Waals surface area contributed by atoms with Crippen molar-refractivity contribution < 1.29 is 4.79 Å². The first-order valence-electron chi connectivity index (χ1n) is 13.2. The summed E-state index contributed by atoms with van der Waals surface area (Å²) in [6.07, 6.45) is 8.04. The second-order valence-electron chi connectivity index (χ2n) is 10.0. The van der Waals surface area contributed by atoms with Gasteiger partial charge in [-0.3, -0.25) is 9.69 Å². The number of unbranched alkanes of at least 4 members (excludes halogenated alkanes) is 1. The summed E-state index contributed by atoms with van der Waals surface area (Å²) in [7, 11) is 0. The van der Waals surface area contributed by atoms with Crippen LogP contribution in [-0.4, -0.2) is 51.4 Å². The lowest BCUT2D eigenvalue weighted by Gasteiger charge is -2.45. The van der Waals surface area contributed by atoms with Crippen LogP contribution in [0.4, 0.5) is 0 Å². The maximum absolute atomic E-state index is 13.8. The summed E-state index contributed by atoms with van der Waals surface area (Å²) in [6, 6.07) is 23.5. The minimum Gasteiger partial charge on any atom is -0.347 e. The Morgan fingerprint density at radius 1 is 1.08 bits per heavy atom. The maximum Gasteiger partial charge on any atom is 0.254 e. The average molecular weight is 481 g/mol. The molecule has 1 N–H and O–H groups in total. The molecule has 3 aromatic carbocycles. The SMILES string of the molecule is CCCC[C@H]1CN(C(=O)c2cccc3ccccc23)CCN1C(Cc1cccc(C)c1)c1cnc[nH]1. The van der Waals surface area contributed by atoms with E-state index in [0.29, 0.717) is 6.04 Å². The van der Waals surface area contributed by atoms with Gasteiger partial charge in [-0.05, 0) is 42.2 Å². The summed E-state index contributed by atoms with van der Waals surface area (Å²) in [4.78, 5) is 26.2. The van der Waals surface area contributed by atoms with Crippen LogP contribution >= 0.6 is 0 Å². The Balaban J connectivity index is 1.42. The highest BCUT2D eigenvalue weighted by molar-refractivity contribution is 6.07. The highest BCUT2D eigenvalue weighted by atomic mass is 16.2. The Labute approximate surface area is 214 Å². The molecule has 0 spiro atoms. The number of nitrogens with zero attached hydrogens (tertiary/aromatic N) is 3. The molecule has 1 aromatic heterocycles. The second-order valence-corrected chi connectivity index (χ2v) is 10.0. The predicted octanol–water partition coefficient (Wildman–Crippen LogP) is 6.17. The minimum atomic E-state index is 0.143. The van der Waals surface area contributed by atoms with Crippen LogP contribution in [0.1, 0.15) is 59.4 Å². The molecule has 0 bridgehead atoms. The highest BCUT2D eigenvalue weighted by Gasteiger charge is 2.35. The second kappa shape index (κ2) is 11.1. The van der Waals surface area contributed by atoms with Gasteiger partial charge in [-0.1, -0.05) is 86.0 Å². The molecule has 5 nitrogen and oxygen atoms in total. The molecule has 0 aliphatic carbocycles. The molecule has 1 unspecified atom stereocenters. The number of aromatic nitrogens is 2. The van der Waals surface area contributed by atoms with Crippen LogP contribution in [0.3, 0.4) is 0 Å². The van der Waals surface area contributed by atoms with Gasteiger partial charge in [-0.2, -0.15) is 0 Å². The summed E-state index contributed by atoms with van der Waals surface area (Å²) >= 11 is 0. The van der Waals surface area contributed by atoms with Crippen molar-refractivity contribution in [3.63, 3.8) is 0 Å². The van der Waals surface area contributed by atoms with E-state index in [-0.39, 0.29) is 11.9 Å². The zero-order valence-corrected chi connectivity index (χ0v) is 21.4. The van der Waals surface area contributed by atoms with Crippen LogP contribution < -0.4 is 0 Å². The third-order valence-electron chi connectivity index (χ3n) is 7.52. The van der Waals surface area contributed by atoms with Crippen molar-refractivity contribution in [3.05, 3.63) is 102 Å². The van der Waals surface area contributed by atoms with Crippen LogP contribution in [0, 0.1) is 6.92 Å². The Hall–Kier alpha value is -3.44. The number of aryl methyl sites for hydroxylation is 1. The van der Waals surface area contributed by atoms with E-state index in [4.69, 9.17) is 0 Å². The molecule has 1 fully saturated rings. The molecule has 36 heavy (non-hydrogen) atoms. The number of hydrogen-bond donors (Lipinski definition) is 1. The molecule has 2 heterocycles. The molecular weight excluding hydrogens is 444 g/mol. The van der Waals surface area contributed by atoms with E-state index in [1.165, 1.54) is 11.1 Å². The van der Waals surface area contributed by atoms with Crippen LogP contribution in [0.2, 0.25) is 0 Å². The number of amides is 1. The van der Waals surface area contributed by atoms with E-state index in [1.807, 2.05) is 30.5 Å². The van der Waals surface area contributed by atoms with Gasteiger partial charge < -0.3 is 9.88 Å². The quantitative estimate of drug-likeness (QED) is 0.328. The van der Waals surface area contributed by atoms with Crippen molar-refractivity contribution in [2.45, 2.75) is 51.6 Å². The third-order valence-corrected chi connectivity index (χ3v) is 7.52. The zero-order valence-electron chi connectivity index (χ0n) is 21.4. The average Bonchev–Trinajstić information content (AvgIpc) is 3.45. The number of fused-ring (bicyclic) bond motifs is 1. The van der Waals surface area contributed by atoms with E-state index in [2.05, 4.69) is 76.1 Å². The number of nitrogens with one attached hydrogen (secondary N) is 1. The van der Waals surface area contributed by atoms with Crippen LogP contribution in [0.5, 0.6) is 0 Å². The zero-order chi connectivity index (χ0) is 24.9. The van der Waals surface area contributed by atoms with Gasteiger partial charge in [0.25, 0.3) is 5.91 Å². The number of carbonyl (C=O) groups is 1. The molecule has 1 amide bonds. The van der Waals surface area contributed by atoms with Crippen molar-refractivity contribution in [2.75, 3.05) is 19.6 Å². The number of hydrogen-bond acceptors (Lipinski definition) is 3. The van der Waals surface area contributed by atoms with E-state index < -0.39 is 0 Å². The van der Waals surface area contributed by atoms with Gasteiger partial charge in [0, 0.05) is 37.4 Å². The molecule has 186 valence electrons. The summed E-state index contributed by atoms with van der Waals surface area (Å²) in [5, 5.41) is 2.15. The van der Waals surface area contributed by atoms with Crippen LogP contribution in [0.25, 0.3) is 10.8 Å². The van der Waals surface area contributed by atoms with E-state index in [1.54, 1.807) is 6.33 Å². The number of rotatable bonds is 8. The first kappa shape index (κ1) is 24.3. The van der Waals surface area contributed by atoms with Crippen LogP contribution in [-0.2, 0) is 6.42 Å². The molecule has 0 radical (unpaired) electrons. The largest absolute Gasteiger partial charge is 0.347 e. The normalized spacial score (nSPS) is 17.4. The molecule has 0 saturated carbocycles. The Morgan fingerprint density at radius 3 is 2.72 bits per heavy atom. The number of piperazine rings is 1. The fraction of sp³-hybridized carbons (Fsp3) is 0.355. The smallest absolute Gasteiger partial charge is 0.254 e. The van der Waals surface area contributed by atoms with Gasteiger partial charge in [-0.15, -0.1) is 0 Å². The van der Waals surface area contributed by atoms with Gasteiger partial charge in [0.1, 0.15) is 0 Å². The standard InChI is InChI=1S/C31H36N4O/c1-3-4-13-26-21-34(31(36)28-15-8-12-25-11-5-6-14-27(25)28)16-17-35(26)30(29-20-32-22-33-29)19-24-10-7-9-23(2)18-24/h5-12,14-15,18,20,22,26,30H,3-4,13,16-17,19,21H2,1-2H3,(H,32,33)/t26-,30?/m0/s1. The number of benzene rings is 3. The summed E-state index contributed by atoms with van der Waals surface area (Å²) in [5.74, 6) is 0.143. The van der Waals surface area contributed by atoms with Gasteiger partial charge >= 0.3 is 0 Å². The Bertz CT molecular complexity index is 1290. The lowest BCUT2D eigenvalue weighted by molar-refractivity contribution is 0.0277. The third kappa shape index (κ3) is 5.21. The number of imidazole rings is 1. The van der Waals surface area contributed by atoms with Gasteiger partial charge in [0.15, 0.2) is 0 Å². The Morgan fingerprint density at radius 2 is 1.92 bits per heavy atom. The first-order chi connectivity index (χ1) is 17.6. The molecular formula is C31H36N4O. The first-order valence-corrected chi connectivity index (χ1v) is 13.2. The van der Waals surface area contributed by atoms with Crippen molar-refractivity contribution >= 4 is 16.7 Å². The minimum absolute atomic E-state index is 0.143. The molecule has 2 atom stereocenters. The van der Waals surface area contributed by atoms with Crippen molar-refractivity contribution in [3.8, 4) is 0 Å². The summed E-state index contributed by atoms with van der Waals surface area (Å²) in [6.45, 7) is 6.71. The van der Waals surface area contributed by atoms with E-state index in [9.17, 15) is 4.79 Å². The molecule has 5 heteroatoms. The number of carbonyl (C=O) groups excluding carboxylic acids is 1. The van der Waals surface area contributed by atoms with Crippen molar-refractivity contribution in [2.24, 2.45) is 0 Å². The number of H-pyrrole nitrogens is 1. The highest BCUT2D eigenvalue weighted by Crippen LogP contribution is 2.31. The fourth-order valence-corrected chi connectivity index (χ4v) is 5.66. The lowest BCUT2D eigenvalue weighted by atomic mass is 9.95. The summed E-state index contributed by atoms with van der Waals surface area (Å²) in [5.41, 5.74) is 4.56. The predicted molar refractivity (Wildman–Crippen MR) is 146 cm³/mol. The van der Waals surface area contributed by atoms with Crippen LogP contribution in [0.15, 0.2) is 79.3 Å².